The highest BCUT2D eigenvalue weighted by Gasteiger charge is 2.18. The van der Waals surface area contributed by atoms with Crippen LogP contribution in [0.4, 0.5) is 0 Å². The van der Waals surface area contributed by atoms with Gasteiger partial charge in [0.05, 0.1) is 20.1 Å². The Bertz CT molecular complexity index is 489. The molecule has 1 aromatic carbocycles. The Morgan fingerprint density at radius 2 is 1.91 bits per heavy atom. The van der Waals surface area contributed by atoms with Gasteiger partial charge in [-0.05, 0) is 18.9 Å². The Hall–Kier alpha value is -2.04. The summed E-state index contributed by atoms with van der Waals surface area (Å²) in [4.78, 5) is 25.9. The van der Waals surface area contributed by atoms with Crippen molar-refractivity contribution in [3.63, 3.8) is 0 Å². The molecule has 2 amide bonds. The molecule has 0 atom stereocenters. The number of methoxy groups -OCH3 is 1. The van der Waals surface area contributed by atoms with Crippen molar-refractivity contribution < 1.29 is 14.3 Å². The molecule has 0 radical (unpaired) electrons. The summed E-state index contributed by atoms with van der Waals surface area (Å²) in [6.07, 6.45) is 1.94. The summed E-state index contributed by atoms with van der Waals surface area (Å²) in [5.74, 6) is 0.532. The number of nitrogens with one attached hydrogen (secondary N) is 1. The van der Waals surface area contributed by atoms with E-state index in [2.05, 4.69) is 5.32 Å². The van der Waals surface area contributed by atoms with E-state index >= 15 is 0 Å². The van der Waals surface area contributed by atoms with Crippen LogP contribution in [0.25, 0.3) is 0 Å². The first kappa shape index (κ1) is 18.0. The van der Waals surface area contributed by atoms with E-state index in [1.54, 1.807) is 12.0 Å². The van der Waals surface area contributed by atoms with E-state index in [-0.39, 0.29) is 24.8 Å². The standard InChI is InChI=1S/C17H26N2O3/c1-4-10-18-16(20)13-19(11-5-2)17(21)12-14-8-6-7-9-15(14)22-3/h6-9H,4-5,10-13H2,1-3H3,(H,18,20). The summed E-state index contributed by atoms with van der Waals surface area (Å²) in [6, 6.07) is 7.46. The fraction of sp³-hybridized carbons (Fsp3) is 0.529. The molecular weight excluding hydrogens is 280 g/mol. The Balaban J connectivity index is 2.70. The minimum atomic E-state index is -0.108. The lowest BCUT2D eigenvalue weighted by Gasteiger charge is -2.22. The number of carbonyl (C=O) groups is 2. The number of rotatable bonds is 9. The SMILES string of the molecule is CCCNC(=O)CN(CCC)C(=O)Cc1ccccc1OC. The predicted molar refractivity (Wildman–Crippen MR) is 86.9 cm³/mol. The molecule has 1 N–H and O–H groups in total. The molecule has 22 heavy (non-hydrogen) atoms. The number of ether oxygens (including phenoxy) is 1. The Kier molecular flexibility index (Phi) is 8.04. The van der Waals surface area contributed by atoms with Crippen molar-refractivity contribution in [2.45, 2.75) is 33.1 Å². The maximum absolute atomic E-state index is 12.5. The van der Waals surface area contributed by atoms with Crippen LogP contribution in [0.5, 0.6) is 5.75 Å². The van der Waals surface area contributed by atoms with E-state index < -0.39 is 0 Å². The second-order valence-corrected chi connectivity index (χ2v) is 5.15. The molecule has 5 heteroatoms. The van der Waals surface area contributed by atoms with Crippen LogP contribution in [0.15, 0.2) is 24.3 Å². The third kappa shape index (κ3) is 5.76. The molecule has 122 valence electrons. The third-order valence-electron chi connectivity index (χ3n) is 3.29. The van der Waals surface area contributed by atoms with Gasteiger partial charge in [-0.1, -0.05) is 32.0 Å². The topological polar surface area (TPSA) is 58.6 Å². The Morgan fingerprint density at radius 3 is 2.55 bits per heavy atom. The van der Waals surface area contributed by atoms with Gasteiger partial charge in [0, 0.05) is 18.7 Å². The third-order valence-corrected chi connectivity index (χ3v) is 3.29. The first-order chi connectivity index (χ1) is 10.6. The molecule has 0 aliphatic heterocycles. The molecule has 0 aromatic heterocycles. The maximum Gasteiger partial charge on any atom is 0.239 e. The number of para-hydroxylation sites is 1. The van der Waals surface area contributed by atoms with Crippen molar-refractivity contribution in [2.75, 3.05) is 26.7 Å². The fourth-order valence-electron chi connectivity index (χ4n) is 2.18. The summed E-state index contributed by atoms with van der Waals surface area (Å²) in [5.41, 5.74) is 0.838. The predicted octanol–water partition coefficient (Wildman–Crippen LogP) is 2.00. The number of nitrogens with zero attached hydrogens (tertiary/aromatic N) is 1. The minimum absolute atomic E-state index is 0.0574. The lowest BCUT2D eigenvalue weighted by Crippen LogP contribution is -2.42. The van der Waals surface area contributed by atoms with Gasteiger partial charge in [-0.15, -0.1) is 0 Å². The molecule has 0 bridgehead atoms. The van der Waals surface area contributed by atoms with Gasteiger partial charge in [-0.25, -0.2) is 0 Å². The second kappa shape index (κ2) is 9.82. The monoisotopic (exact) mass is 306 g/mol. The molecule has 0 saturated carbocycles. The number of benzene rings is 1. The van der Waals surface area contributed by atoms with Gasteiger partial charge in [0.1, 0.15) is 5.75 Å². The first-order valence-corrected chi connectivity index (χ1v) is 7.78. The van der Waals surface area contributed by atoms with Gasteiger partial charge >= 0.3 is 0 Å². The Morgan fingerprint density at radius 1 is 1.18 bits per heavy atom. The van der Waals surface area contributed by atoms with Crippen LogP contribution < -0.4 is 10.1 Å². The molecule has 0 heterocycles. The average molecular weight is 306 g/mol. The van der Waals surface area contributed by atoms with Crippen molar-refractivity contribution in [2.24, 2.45) is 0 Å². The maximum atomic E-state index is 12.5. The van der Waals surface area contributed by atoms with Crippen LogP contribution >= 0.6 is 0 Å². The highest BCUT2D eigenvalue weighted by molar-refractivity contribution is 5.86. The van der Waals surface area contributed by atoms with Crippen LogP contribution in [-0.4, -0.2) is 43.5 Å². The Labute approximate surface area is 132 Å². The highest BCUT2D eigenvalue weighted by atomic mass is 16.5. The molecule has 0 spiro atoms. The fourth-order valence-corrected chi connectivity index (χ4v) is 2.18. The minimum Gasteiger partial charge on any atom is -0.496 e. The van der Waals surface area contributed by atoms with Crippen molar-refractivity contribution in [3.05, 3.63) is 29.8 Å². The van der Waals surface area contributed by atoms with Crippen LogP contribution in [0, 0.1) is 0 Å². The molecule has 0 unspecified atom stereocenters. The van der Waals surface area contributed by atoms with Crippen LogP contribution in [0.3, 0.4) is 0 Å². The summed E-state index contributed by atoms with van der Waals surface area (Å²) < 4.78 is 5.27. The number of hydrogen-bond donors (Lipinski definition) is 1. The smallest absolute Gasteiger partial charge is 0.239 e. The van der Waals surface area contributed by atoms with Gasteiger partial charge in [-0.3, -0.25) is 9.59 Å². The van der Waals surface area contributed by atoms with Gasteiger partial charge in [0.15, 0.2) is 0 Å². The van der Waals surface area contributed by atoms with E-state index in [1.807, 2.05) is 38.1 Å². The molecule has 0 fully saturated rings. The quantitative estimate of drug-likeness (QED) is 0.759. The highest BCUT2D eigenvalue weighted by Crippen LogP contribution is 2.18. The molecule has 5 nitrogen and oxygen atoms in total. The van der Waals surface area contributed by atoms with E-state index in [0.717, 1.165) is 18.4 Å². The van der Waals surface area contributed by atoms with Gasteiger partial charge in [-0.2, -0.15) is 0 Å². The largest absolute Gasteiger partial charge is 0.496 e. The number of carbonyl (C=O) groups excluding carboxylic acids is 2. The van der Waals surface area contributed by atoms with Crippen molar-refractivity contribution in [1.29, 1.82) is 0 Å². The summed E-state index contributed by atoms with van der Waals surface area (Å²) >= 11 is 0. The molecule has 0 saturated heterocycles. The zero-order chi connectivity index (χ0) is 16.4. The summed E-state index contributed by atoms with van der Waals surface area (Å²) in [6.45, 7) is 5.32. The summed E-state index contributed by atoms with van der Waals surface area (Å²) in [7, 11) is 1.59. The molecule has 1 rings (SSSR count). The summed E-state index contributed by atoms with van der Waals surface area (Å²) in [5, 5.41) is 2.80. The van der Waals surface area contributed by atoms with Crippen molar-refractivity contribution in [1.82, 2.24) is 10.2 Å². The van der Waals surface area contributed by atoms with Crippen molar-refractivity contribution in [3.8, 4) is 5.75 Å². The van der Waals surface area contributed by atoms with Crippen molar-refractivity contribution >= 4 is 11.8 Å². The molecule has 0 aliphatic carbocycles. The number of amides is 2. The molecule has 1 aromatic rings. The zero-order valence-corrected chi connectivity index (χ0v) is 13.7. The molecule has 0 aliphatic rings. The molecular formula is C17H26N2O3. The van der Waals surface area contributed by atoms with E-state index in [0.29, 0.717) is 18.8 Å². The van der Waals surface area contributed by atoms with Crippen LogP contribution in [0.2, 0.25) is 0 Å². The lowest BCUT2D eigenvalue weighted by molar-refractivity contribution is -0.135. The van der Waals surface area contributed by atoms with E-state index in [4.69, 9.17) is 4.74 Å². The van der Waals surface area contributed by atoms with E-state index in [9.17, 15) is 9.59 Å². The normalized spacial score (nSPS) is 10.1. The zero-order valence-electron chi connectivity index (χ0n) is 13.7. The van der Waals surface area contributed by atoms with Crippen LogP contribution in [-0.2, 0) is 16.0 Å². The van der Waals surface area contributed by atoms with Gasteiger partial charge in [0.2, 0.25) is 11.8 Å². The van der Waals surface area contributed by atoms with Gasteiger partial charge in [0.25, 0.3) is 0 Å². The van der Waals surface area contributed by atoms with Crippen LogP contribution in [0.1, 0.15) is 32.3 Å². The lowest BCUT2D eigenvalue weighted by atomic mass is 10.1. The second-order valence-electron chi connectivity index (χ2n) is 5.15. The number of hydrogen-bond acceptors (Lipinski definition) is 3. The van der Waals surface area contributed by atoms with Gasteiger partial charge < -0.3 is 15.0 Å². The average Bonchev–Trinajstić information content (AvgIpc) is 2.53. The van der Waals surface area contributed by atoms with E-state index in [1.165, 1.54) is 0 Å². The first-order valence-electron chi connectivity index (χ1n) is 7.78.